The van der Waals surface area contributed by atoms with E-state index in [-0.39, 0.29) is 0 Å². The average molecular weight is 165 g/mol. The number of rotatable bonds is 0. The number of hydrogen-bond donors (Lipinski definition) is 4. The van der Waals surface area contributed by atoms with Gasteiger partial charge in [-0.25, -0.2) is 0 Å². The Hall–Kier alpha value is -0.200. The molecular weight excluding hydrogens is 152 g/mol. The lowest BCUT2D eigenvalue weighted by Crippen LogP contribution is -2.56. The van der Waals surface area contributed by atoms with Crippen LogP contribution in [0.5, 0.6) is 0 Å². The molecule has 5 atom stereocenters. The molecule has 0 aromatic carbocycles. The summed E-state index contributed by atoms with van der Waals surface area (Å²) >= 11 is 0. The normalized spacial score (nSPS) is 60.6. The van der Waals surface area contributed by atoms with E-state index in [1.54, 1.807) is 0 Å². The van der Waals surface area contributed by atoms with Crippen molar-refractivity contribution < 1.29 is 26.5 Å². The maximum Gasteiger partial charge on any atom is 0.183 e. The first-order valence-electron chi connectivity index (χ1n) is 3.80. The van der Waals surface area contributed by atoms with Gasteiger partial charge in [-0.1, -0.05) is 0 Å². The van der Waals surface area contributed by atoms with Gasteiger partial charge in [0.1, 0.15) is 18.3 Å². The smallest absolute Gasteiger partial charge is 0.183 e. The Morgan fingerprint density at radius 1 is 1.09 bits per heavy atom. The van der Waals surface area contributed by atoms with Gasteiger partial charge in [0.2, 0.25) is 0 Å². The standard InChI is InChI=1S/C6H12O5/c1-2-3(7)4(8)5(9)6(10)11-2/h2-10H,1H3/t2-,3-,4+,5+,6+/m0/s1/i6D. The minimum absolute atomic E-state index is 0.883. The van der Waals surface area contributed by atoms with Crippen molar-refractivity contribution in [3.05, 3.63) is 0 Å². The highest BCUT2D eigenvalue weighted by molar-refractivity contribution is 4.86. The molecule has 0 spiro atoms. The summed E-state index contributed by atoms with van der Waals surface area (Å²) in [6, 6.07) is 0. The molecule has 1 aliphatic heterocycles. The molecule has 5 nitrogen and oxygen atoms in total. The number of hydrogen-bond acceptors (Lipinski definition) is 5. The summed E-state index contributed by atoms with van der Waals surface area (Å²) < 4.78 is 11.5. The van der Waals surface area contributed by atoms with Crippen LogP contribution in [-0.2, 0) is 4.74 Å². The summed E-state index contributed by atoms with van der Waals surface area (Å²) in [5, 5.41) is 36.3. The van der Waals surface area contributed by atoms with Crippen molar-refractivity contribution in [3.63, 3.8) is 0 Å². The fraction of sp³-hybridized carbons (Fsp3) is 1.00. The first-order valence-corrected chi connectivity index (χ1v) is 3.30. The Morgan fingerprint density at radius 3 is 2.18 bits per heavy atom. The lowest BCUT2D eigenvalue weighted by molar-refractivity contribution is -0.277. The minimum atomic E-state index is -2.54. The Balaban J connectivity index is 2.78. The van der Waals surface area contributed by atoms with E-state index in [1.807, 2.05) is 0 Å². The van der Waals surface area contributed by atoms with Gasteiger partial charge in [0, 0.05) is 0 Å². The van der Waals surface area contributed by atoms with Gasteiger partial charge in [0.05, 0.1) is 7.47 Å². The van der Waals surface area contributed by atoms with E-state index in [0.29, 0.717) is 0 Å². The Labute approximate surface area is 65.3 Å². The van der Waals surface area contributed by atoms with Crippen LogP contribution in [0.4, 0.5) is 0 Å². The van der Waals surface area contributed by atoms with Gasteiger partial charge < -0.3 is 25.2 Å². The topological polar surface area (TPSA) is 90.2 Å². The van der Waals surface area contributed by atoms with E-state index >= 15 is 0 Å². The highest BCUT2D eigenvalue weighted by Gasteiger charge is 2.40. The second-order valence-electron chi connectivity index (χ2n) is 2.59. The Morgan fingerprint density at radius 2 is 1.64 bits per heavy atom. The van der Waals surface area contributed by atoms with Crippen LogP contribution < -0.4 is 0 Å². The highest BCUT2D eigenvalue weighted by Crippen LogP contribution is 2.18. The molecule has 11 heavy (non-hydrogen) atoms. The molecule has 0 saturated carbocycles. The van der Waals surface area contributed by atoms with Crippen LogP contribution in [-0.4, -0.2) is 51.1 Å². The van der Waals surface area contributed by atoms with Gasteiger partial charge in [-0.05, 0) is 6.92 Å². The molecule has 1 rings (SSSR count). The minimum Gasteiger partial charge on any atom is -0.388 e. The van der Waals surface area contributed by atoms with Crippen LogP contribution in [0.3, 0.4) is 0 Å². The molecule has 4 N–H and O–H groups in total. The summed E-state index contributed by atoms with van der Waals surface area (Å²) in [7, 11) is 0. The molecule has 0 aromatic heterocycles. The maximum absolute atomic E-state index is 9.12. The van der Waals surface area contributed by atoms with Crippen LogP contribution >= 0.6 is 0 Å². The fourth-order valence-electron chi connectivity index (χ4n) is 0.940. The van der Waals surface area contributed by atoms with E-state index in [9.17, 15) is 0 Å². The zero-order chi connectivity index (χ0) is 9.52. The average Bonchev–Trinajstić information content (AvgIpc) is 1.97. The van der Waals surface area contributed by atoms with Crippen molar-refractivity contribution in [1.82, 2.24) is 0 Å². The monoisotopic (exact) mass is 165 g/mol. The summed E-state index contributed by atoms with van der Waals surface area (Å²) in [5.41, 5.74) is 0. The largest absolute Gasteiger partial charge is 0.388 e. The number of aliphatic hydroxyl groups excluding tert-OH is 3. The number of ether oxygens (including phenoxy) is 1. The van der Waals surface area contributed by atoms with E-state index < -0.39 is 30.7 Å². The predicted octanol–water partition coefficient (Wildman–Crippen LogP) is -2.19. The van der Waals surface area contributed by atoms with Crippen LogP contribution in [0.2, 0.25) is 0 Å². The molecular formula is C6H12O5. The van der Waals surface area contributed by atoms with Crippen LogP contribution in [0.15, 0.2) is 0 Å². The third-order valence-corrected chi connectivity index (χ3v) is 1.71. The fourth-order valence-corrected chi connectivity index (χ4v) is 0.940. The summed E-state index contributed by atoms with van der Waals surface area (Å²) in [5.74, 6) is 0. The summed E-state index contributed by atoms with van der Waals surface area (Å²) in [4.78, 5) is 0. The van der Waals surface area contributed by atoms with Crippen LogP contribution in [0.25, 0.3) is 0 Å². The highest BCUT2D eigenvalue weighted by atomic mass is 16.6. The van der Waals surface area contributed by atoms with Crippen LogP contribution in [0.1, 0.15) is 8.29 Å². The van der Waals surface area contributed by atoms with E-state index in [0.717, 1.165) is 0 Å². The molecule has 5 heteroatoms. The zero-order valence-electron chi connectivity index (χ0n) is 7.01. The molecule has 0 bridgehead atoms. The molecule has 0 amide bonds. The van der Waals surface area contributed by atoms with Crippen molar-refractivity contribution in [1.29, 1.82) is 0 Å². The first kappa shape index (κ1) is 7.45. The van der Waals surface area contributed by atoms with Gasteiger partial charge in [-0.2, -0.15) is 0 Å². The SMILES string of the molecule is [2H][C@@]1(O)O[C@@H](C)[C@H](O)[C@@H](O)[C@H]1O. The van der Waals surface area contributed by atoms with Crippen molar-refractivity contribution in [2.75, 3.05) is 0 Å². The van der Waals surface area contributed by atoms with Crippen molar-refractivity contribution >= 4 is 0 Å². The molecule has 0 unspecified atom stereocenters. The first-order chi connectivity index (χ1) is 5.36. The van der Waals surface area contributed by atoms with Gasteiger partial charge in [-0.15, -0.1) is 0 Å². The molecule has 66 valence electrons. The van der Waals surface area contributed by atoms with Crippen LogP contribution in [0, 0.1) is 0 Å². The van der Waals surface area contributed by atoms with E-state index in [4.69, 9.17) is 21.8 Å². The molecule has 0 aromatic rings. The summed E-state index contributed by atoms with van der Waals surface area (Å²) in [6.45, 7) is 1.39. The van der Waals surface area contributed by atoms with Gasteiger partial charge in [0.25, 0.3) is 0 Å². The summed E-state index contributed by atoms with van der Waals surface area (Å²) in [6.07, 6.45) is -8.09. The lowest BCUT2D eigenvalue weighted by atomic mass is 10.0. The Bertz CT molecular complexity index is 173. The molecule has 1 heterocycles. The lowest BCUT2D eigenvalue weighted by Gasteiger charge is -2.36. The molecule has 1 saturated heterocycles. The third-order valence-electron chi connectivity index (χ3n) is 1.71. The van der Waals surface area contributed by atoms with Gasteiger partial charge in [0.15, 0.2) is 6.27 Å². The van der Waals surface area contributed by atoms with Crippen molar-refractivity contribution in [2.45, 2.75) is 37.6 Å². The molecule has 1 fully saturated rings. The maximum atomic E-state index is 9.12. The Kier molecular flexibility index (Phi) is 2.06. The quantitative estimate of drug-likeness (QED) is 0.327. The molecule has 0 aliphatic carbocycles. The number of aliphatic hydroxyl groups is 4. The van der Waals surface area contributed by atoms with E-state index in [2.05, 4.69) is 4.74 Å². The second-order valence-corrected chi connectivity index (χ2v) is 2.59. The van der Waals surface area contributed by atoms with Gasteiger partial charge >= 0.3 is 0 Å². The predicted molar refractivity (Wildman–Crippen MR) is 34.6 cm³/mol. The van der Waals surface area contributed by atoms with Crippen molar-refractivity contribution in [3.8, 4) is 0 Å². The zero-order valence-corrected chi connectivity index (χ0v) is 6.01. The second kappa shape index (κ2) is 3.04. The molecule has 0 radical (unpaired) electrons. The van der Waals surface area contributed by atoms with Gasteiger partial charge in [-0.3, -0.25) is 0 Å². The van der Waals surface area contributed by atoms with E-state index in [1.165, 1.54) is 6.92 Å². The van der Waals surface area contributed by atoms with Crippen molar-refractivity contribution in [2.24, 2.45) is 0 Å². The third kappa shape index (κ3) is 1.52. The molecule has 1 aliphatic rings.